The van der Waals surface area contributed by atoms with Crippen molar-refractivity contribution in [3.63, 3.8) is 0 Å². The van der Waals surface area contributed by atoms with Gasteiger partial charge in [0.15, 0.2) is 0 Å². The summed E-state index contributed by atoms with van der Waals surface area (Å²) < 4.78 is 5.20. The number of piperidine rings is 1. The highest BCUT2D eigenvalue weighted by molar-refractivity contribution is 5.96. The molecule has 0 aliphatic carbocycles. The maximum Gasteiger partial charge on any atom is 0.349 e. The van der Waals surface area contributed by atoms with Gasteiger partial charge in [0.25, 0.3) is 5.91 Å². The number of hydrogen-bond acceptors (Lipinski definition) is 4. The Morgan fingerprint density at radius 1 is 1.12 bits per heavy atom. The highest BCUT2D eigenvalue weighted by Gasteiger charge is 2.13. The van der Waals surface area contributed by atoms with Crippen LogP contribution in [0, 0.1) is 0 Å². The average molecular weight is 328 g/mol. The zero-order chi connectivity index (χ0) is 16.8. The first-order chi connectivity index (χ1) is 11.7. The van der Waals surface area contributed by atoms with Crippen LogP contribution in [0.2, 0.25) is 0 Å². The predicted molar refractivity (Wildman–Crippen MR) is 94.3 cm³/mol. The molecule has 0 unspecified atom stereocenters. The van der Waals surface area contributed by atoms with E-state index < -0.39 is 5.63 Å². The zero-order valence-electron chi connectivity index (χ0n) is 13.9. The highest BCUT2D eigenvalue weighted by Crippen LogP contribution is 2.12. The molecule has 1 aromatic heterocycles. The molecule has 0 spiro atoms. The van der Waals surface area contributed by atoms with Gasteiger partial charge in [-0.15, -0.1) is 0 Å². The fourth-order valence-electron chi connectivity index (χ4n) is 3.16. The van der Waals surface area contributed by atoms with Gasteiger partial charge in [0.2, 0.25) is 0 Å². The van der Waals surface area contributed by atoms with Crippen molar-refractivity contribution >= 4 is 16.9 Å². The third kappa shape index (κ3) is 4.23. The number of para-hydroxylation sites is 1. The van der Waals surface area contributed by atoms with Crippen LogP contribution in [-0.4, -0.2) is 37.0 Å². The van der Waals surface area contributed by atoms with Crippen LogP contribution in [0.3, 0.4) is 0 Å². The van der Waals surface area contributed by atoms with E-state index in [9.17, 15) is 9.59 Å². The minimum absolute atomic E-state index is 0.0738. The first kappa shape index (κ1) is 16.7. The fraction of sp³-hybridized carbons (Fsp3) is 0.474. The monoisotopic (exact) mass is 328 g/mol. The number of unbranched alkanes of at least 4 members (excludes halogenated alkanes) is 1. The summed E-state index contributed by atoms with van der Waals surface area (Å²) in [5, 5.41) is 3.58. The molecule has 0 saturated carbocycles. The number of carbonyl (C=O) groups is 1. The van der Waals surface area contributed by atoms with Crippen LogP contribution in [0.5, 0.6) is 0 Å². The van der Waals surface area contributed by atoms with Gasteiger partial charge >= 0.3 is 5.63 Å². The normalized spacial score (nSPS) is 15.5. The van der Waals surface area contributed by atoms with Crippen molar-refractivity contribution in [2.45, 2.75) is 32.1 Å². The number of benzene rings is 1. The molecule has 1 aliphatic heterocycles. The van der Waals surface area contributed by atoms with Crippen molar-refractivity contribution in [3.05, 3.63) is 46.3 Å². The number of amides is 1. The van der Waals surface area contributed by atoms with Crippen LogP contribution in [-0.2, 0) is 0 Å². The van der Waals surface area contributed by atoms with E-state index in [-0.39, 0.29) is 11.5 Å². The molecule has 5 heteroatoms. The molecule has 0 radical (unpaired) electrons. The maximum atomic E-state index is 12.2. The lowest BCUT2D eigenvalue weighted by Crippen LogP contribution is -2.32. The second kappa shape index (κ2) is 8.11. The Morgan fingerprint density at radius 2 is 1.92 bits per heavy atom. The number of rotatable bonds is 6. The molecule has 1 N–H and O–H groups in total. The first-order valence-electron chi connectivity index (χ1n) is 8.77. The lowest BCUT2D eigenvalue weighted by molar-refractivity contribution is 0.0949. The van der Waals surface area contributed by atoms with Gasteiger partial charge in [0, 0.05) is 11.9 Å². The van der Waals surface area contributed by atoms with Crippen LogP contribution in [0.15, 0.2) is 39.5 Å². The van der Waals surface area contributed by atoms with E-state index in [1.807, 2.05) is 12.1 Å². The molecular formula is C19H24N2O3. The number of nitrogens with one attached hydrogen (secondary N) is 1. The fourth-order valence-corrected chi connectivity index (χ4v) is 3.16. The van der Waals surface area contributed by atoms with Gasteiger partial charge < -0.3 is 14.6 Å². The summed E-state index contributed by atoms with van der Waals surface area (Å²) in [7, 11) is 0. The summed E-state index contributed by atoms with van der Waals surface area (Å²) >= 11 is 0. The Kier molecular flexibility index (Phi) is 5.64. The lowest BCUT2D eigenvalue weighted by atomic mass is 10.1. The van der Waals surface area contributed by atoms with Crippen LogP contribution < -0.4 is 10.9 Å². The minimum atomic E-state index is -0.584. The Balaban J connectivity index is 1.48. The SMILES string of the molecule is O=C(NCCCCN1CCCCC1)c1cc2ccccc2oc1=O. The summed E-state index contributed by atoms with van der Waals surface area (Å²) in [6, 6.07) is 8.80. The Morgan fingerprint density at radius 3 is 2.75 bits per heavy atom. The smallest absolute Gasteiger partial charge is 0.349 e. The summed E-state index contributed by atoms with van der Waals surface area (Å²) in [6.07, 6.45) is 5.93. The predicted octanol–water partition coefficient (Wildman–Crippen LogP) is 2.79. The molecule has 1 aromatic carbocycles. The Labute approximate surface area is 141 Å². The largest absolute Gasteiger partial charge is 0.422 e. The number of carbonyl (C=O) groups excluding carboxylic acids is 1. The number of hydrogen-bond donors (Lipinski definition) is 1. The highest BCUT2D eigenvalue weighted by atomic mass is 16.4. The van der Waals surface area contributed by atoms with Crippen molar-refractivity contribution in [2.24, 2.45) is 0 Å². The molecule has 1 amide bonds. The van der Waals surface area contributed by atoms with Crippen molar-refractivity contribution in [3.8, 4) is 0 Å². The Hall–Kier alpha value is -2.14. The van der Waals surface area contributed by atoms with E-state index in [0.29, 0.717) is 12.1 Å². The van der Waals surface area contributed by atoms with Gasteiger partial charge in [0.05, 0.1) is 0 Å². The van der Waals surface area contributed by atoms with Crippen molar-refractivity contribution in [1.82, 2.24) is 10.2 Å². The molecule has 1 saturated heterocycles. The minimum Gasteiger partial charge on any atom is -0.422 e. The molecule has 2 aromatic rings. The van der Waals surface area contributed by atoms with Gasteiger partial charge in [0.1, 0.15) is 11.1 Å². The van der Waals surface area contributed by atoms with Crippen LogP contribution >= 0.6 is 0 Å². The van der Waals surface area contributed by atoms with Gasteiger partial charge in [-0.25, -0.2) is 4.79 Å². The first-order valence-corrected chi connectivity index (χ1v) is 8.77. The van der Waals surface area contributed by atoms with E-state index in [2.05, 4.69) is 10.2 Å². The quantitative estimate of drug-likeness (QED) is 0.654. The van der Waals surface area contributed by atoms with E-state index in [1.165, 1.54) is 32.4 Å². The van der Waals surface area contributed by atoms with Gasteiger partial charge in [-0.1, -0.05) is 24.6 Å². The van der Waals surface area contributed by atoms with Crippen molar-refractivity contribution < 1.29 is 9.21 Å². The van der Waals surface area contributed by atoms with Crippen molar-refractivity contribution in [2.75, 3.05) is 26.2 Å². The zero-order valence-corrected chi connectivity index (χ0v) is 13.9. The topological polar surface area (TPSA) is 62.6 Å². The molecule has 1 aliphatic rings. The van der Waals surface area contributed by atoms with Gasteiger partial charge in [-0.3, -0.25) is 4.79 Å². The second-order valence-corrected chi connectivity index (χ2v) is 6.35. The number of fused-ring (bicyclic) bond motifs is 1. The lowest BCUT2D eigenvalue weighted by Gasteiger charge is -2.26. The van der Waals surface area contributed by atoms with Crippen molar-refractivity contribution in [1.29, 1.82) is 0 Å². The van der Waals surface area contributed by atoms with Crippen LogP contribution in [0.1, 0.15) is 42.5 Å². The summed E-state index contributed by atoms with van der Waals surface area (Å²) in [4.78, 5) is 26.6. The standard InChI is InChI=1S/C19H24N2O3/c22-18(20-10-4-7-13-21-11-5-1-6-12-21)16-14-15-8-2-3-9-17(15)24-19(16)23/h2-3,8-9,14H,1,4-7,10-13H2,(H,20,22). The third-order valence-corrected chi connectivity index (χ3v) is 4.52. The molecular weight excluding hydrogens is 304 g/mol. The molecule has 3 rings (SSSR count). The summed E-state index contributed by atoms with van der Waals surface area (Å²) in [5.74, 6) is -0.354. The molecule has 5 nitrogen and oxygen atoms in total. The second-order valence-electron chi connectivity index (χ2n) is 6.35. The molecule has 1 fully saturated rings. The molecule has 2 heterocycles. The number of nitrogens with zero attached hydrogens (tertiary/aromatic N) is 1. The van der Waals surface area contributed by atoms with Gasteiger partial charge in [-0.05, 0) is 57.5 Å². The van der Waals surface area contributed by atoms with Crippen LogP contribution in [0.4, 0.5) is 0 Å². The summed E-state index contributed by atoms with van der Waals surface area (Å²) in [6.45, 7) is 4.07. The summed E-state index contributed by atoms with van der Waals surface area (Å²) in [5.41, 5.74) is -0.00942. The third-order valence-electron chi connectivity index (χ3n) is 4.52. The van der Waals surface area contributed by atoms with E-state index in [0.717, 1.165) is 24.8 Å². The van der Waals surface area contributed by atoms with E-state index in [4.69, 9.17) is 4.42 Å². The molecule has 128 valence electrons. The van der Waals surface area contributed by atoms with Gasteiger partial charge in [-0.2, -0.15) is 0 Å². The van der Waals surface area contributed by atoms with E-state index in [1.54, 1.807) is 18.2 Å². The molecule has 24 heavy (non-hydrogen) atoms. The average Bonchev–Trinajstić information content (AvgIpc) is 2.61. The van der Waals surface area contributed by atoms with E-state index >= 15 is 0 Å². The maximum absolute atomic E-state index is 12.2. The Bertz CT molecular complexity index is 748. The molecule has 0 bridgehead atoms. The van der Waals surface area contributed by atoms with Crippen LogP contribution in [0.25, 0.3) is 11.0 Å². The molecule has 0 atom stereocenters. The number of likely N-dealkylation sites (tertiary alicyclic amines) is 1.